The largest absolute Gasteiger partial charge is 0.336 e. The van der Waals surface area contributed by atoms with Gasteiger partial charge >= 0.3 is 0 Å². The molecule has 0 aliphatic heterocycles. The summed E-state index contributed by atoms with van der Waals surface area (Å²) in [7, 11) is 0. The van der Waals surface area contributed by atoms with E-state index in [1.54, 1.807) is 0 Å². The number of hydrogen-bond acceptors (Lipinski definition) is 2. The van der Waals surface area contributed by atoms with E-state index in [9.17, 15) is 4.79 Å². The molecule has 4 aliphatic carbocycles. The molecule has 0 aromatic carbocycles. The lowest BCUT2D eigenvalue weighted by atomic mass is 9.52. The Morgan fingerprint density at radius 2 is 1.63 bits per heavy atom. The van der Waals surface area contributed by atoms with Gasteiger partial charge in [-0.3, -0.25) is 4.79 Å². The van der Waals surface area contributed by atoms with Crippen LogP contribution in [-0.2, 0) is 4.79 Å². The molecule has 19 heavy (non-hydrogen) atoms. The second kappa shape index (κ2) is 4.76. The first kappa shape index (κ1) is 13.4. The summed E-state index contributed by atoms with van der Waals surface area (Å²) in [6.45, 7) is 5.39. The summed E-state index contributed by atoms with van der Waals surface area (Å²) in [5.74, 6) is 3.07. The van der Waals surface area contributed by atoms with Gasteiger partial charge < -0.3 is 10.6 Å². The van der Waals surface area contributed by atoms with Crippen LogP contribution in [0.15, 0.2) is 0 Å². The minimum Gasteiger partial charge on any atom is -0.336 e. The molecule has 2 N–H and O–H groups in total. The van der Waals surface area contributed by atoms with Crippen molar-refractivity contribution in [2.24, 2.45) is 29.4 Å². The van der Waals surface area contributed by atoms with Crippen LogP contribution in [0.1, 0.15) is 52.4 Å². The van der Waals surface area contributed by atoms with E-state index in [2.05, 4.69) is 4.90 Å². The summed E-state index contributed by atoms with van der Waals surface area (Å²) in [4.78, 5) is 14.8. The monoisotopic (exact) mass is 264 g/mol. The van der Waals surface area contributed by atoms with Crippen LogP contribution in [0.2, 0.25) is 0 Å². The summed E-state index contributed by atoms with van der Waals surface area (Å²) in [5.41, 5.74) is 5.97. The molecule has 1 amide bonds. The highest BCUT2D eigenvalue weighted by Gasteiger charge is 2.54. The van der Waals surface area contributed by atoms with Crippen molar-refractivity contribution in [3.63, 3.8) is 0 Å². The molecule has 0 aromatic heterocycles. The fraction of sp³-hybridized carbons (Fsp3) is 0.938. The molecule has 4 rings (SSSR count). The highest BCUT2D eigenvalue weighted by Crippen LogP contribution is 2.57. The molecule has 4 bridgehead atoms. The fourth-order valence-electron chi connectivity index (χ4n) is 5.42. The number of hydrogen-bond donors (Lipinski definition) is 1. The number of amides is 1. The third-order valence-corrected chi connectivity index (χ3v) is 5.69. The Morgan fingerprint density at radius 3 is 2.00 bits per heavy atom. The van der Waals surface area contributed by atoms with Gasteiger partial charge in [-0.05, 0) is 56.3 Å². The molecule has 3 heteroatoms. The lowest BCUT2D eigenvalue weighted by Crippen LogP contribution is -2.63. The van der Waals surface area contributed by atoms with E-state index >= 15 is 0 Å². The molecule has 0 unspecified atom stereocenters. The lowest BCUT2D eigenvalue weighted by Gasteiger charge is -2.60. The maximum atomic E-state index is 12.6. The predicted molar refractivity (Wildman–Crippen MR) is 76.5 cm³/mol. The van der Waals surface area contributed by atoms with Crippen molar-refractivity contribution >= 4 is 5.91 Å². The zero-order valence-corrected chi connectivity index (χ0v) is 12.4. The summed E-state index contributed by atoms with van der Waals surface area (Å²) >= 11 is 0. The van der Waals surface area contributed by atoms with Crippen molar-refractivity contribution in [1.29, 1.82) is 0 Å². The van der Waals surface area contributed by atoms with Gasteiger partial charge in [0.15, 0.2) is 0 Å². The van der Waals surface area contributed by atoms with Gasteiger partial charge in [-0.25, -0.2) is 0 Å². The van der Waals surface area contributed by atoms with E-state index in [4.69, 9.17) is 5.73 Å². The van der Waals surface area contributed by atoms with Crippen molar-refractivity contribution < 1.29 is 4.79 Å². The number of rotatable bonds is 4. The molecule has 0 heterocycles. The second-order valence-corrected chi connectivity index (χ2v) is 7.58. The van der Waals surface area contributed by atoms with E-state index in [-0.39, 0.29) is 11.5 Å². The highest BCUT2D eigenvalue weighted by molar-refractivity contribution is 5.79. The molecule has 3 nitrogen and oxygen atoms in total. The Balaban J connectivity index is 1.86. The molecule has 4 fully saturated rings. The van der Waals surface area contributed by atoms with Crippen LogP contribution in [0.25, 0.3) is 0 Å². The van der Waals surface area contributed by atoms with Crippen molar-refractivity contribution in [2.75, 3.05) is 13.1 Å². The molecule has 0 saturated heterocycles. The first-order valence-electron chi connectivity index (χ1n) is 8.05. The van der Waals surface area contributed by atoms with Gasteiger partial charge in [-0.15, -0.1) is 0 Å². The van der Waals surface area contributed by atoms with Crippen LogP contribution in [0, 0.1) is 23.7 Å². The number of nitrogens with zero attached hydrogens (tertiary/aromatic N) is 1. The average Bonchev–Trinajstić information content (AvgIpc) is 2.33. The van der Waals surface area contributed by atoms with Crippen molar-refractivity contribution in [1.82, 2.24) is 4.90 Å². The molecular formula is C16H28N2O. The zero-order chi connectivity index (χ0) is 13.6. The Morgan fingerprint density at radius 1 is 1.16 bits per heavy atom. The topological polar surface area (TPSA) is 46.3 Å². The first-order valence-corrected chi connectivity index (χ1v) is 8.05. The van der Waals surface area contributed by atoms with Gasteiger partial charge in [0, 0.05) is 24.5 Å². The first-order chi connectivity index (χ1) is 9.04. The molecule has 4 saturated carbocycles. The molecule has 0 aromatic rings. The van der Waals surface area contributed by atoms with Crippen LogP contribution in [0.4, 0.5) is 0 Å². The molecule has 108 valence electrons. The van der Waals surface area contributed by atoms with Crippen LogP contribution < -0.4 is 5.73 Å². The minimum atomic E-state index is 0.0968. The second-order valence-electron chi connectivity index (χ2n) is 7.58. The van der Waals surface area contributed by atoms with Crippen molar-refractivity contribution in [3.8, 4) is 0 Å². The van der Waals surface area contributed by atoms with E-state index < -0.39 is 0 Å². The summed E-state index contributed by atoms with van der Waals surface area (Å²) < 4.78 is 0. The lowest BCUT2D eigenvalue weighted by molar-refractivity contribution is -0.153. The smallest absolute Gasteiger partial charge is 0.225 e. The number of carbonyl (C=O) groups excluding carboxylic acids is 1. The van der Waals surface area contributed by atoms with Crippen molar-refractivity contribution in [3.05, 3.63) is 0 Å². The van der Waals surface area contributed by atoms with E-state index in [0.717, 1.165) is 24.3 Å². The maximum Gasteiger partial charge on any atom is 0.225 e. The van der Waals surface area contributed by atoms with Crippen LogP contribution in [0.5, 0.6) is 0 Å². The average molecular weight is 264 g/mol. The standard InChI is InChI=1S/C16H28N2O/c1-11(2)15(19)18(4-3-17)16-8-12-5-13(9-16)7-14(6-12)10-16/h11-14H,3-10,17H2,1-2H3. The van der Waals surface area contributed by atoms with E-state index in [1.807, 2.05) is 13.8 Å². The third kappa shape index (κ3) is 2.20. The SMILES string of the molecule is CC(C)C(=O)N(CCN)C12CC3CC(CC(C3)C1)C2. The van der Waals surface area contributed by atoms with Gasteiger partial charge in [0.2, 0.25) is 5.91 Å². The Kier molecular flexibility index (Phi) is 3.36. The Bertz CT molecular complexity index is 328. The number of carbonyl (C=O) groups is 1. The maximum absolute atomic E-state index is 12.6. The van der Waals surface area contributed by atoms with Gasteiger partial charge in [0.25, 0.3) is 0 Å². The fourth-order valence-corrected chi connectivity index (χ4v) is 5.42. The van der Waals surface area contributed by atoms with Gasteiger partial charge in [0.1, 0.15) is 0 Å². The van der Waals surface area contributed by atoms with Crippen molar-refractivity contribution in [2.45, 2.75) is 57.9 Å². The number of nitrogens with two attached hydrogens (primary N) is 1. The summed E-state index contributed by atoms with van der Waals surface area (Å²) in [5, 5.41) is 0. The molecule has 4 aliphatic rings. The minimum absolute atomic E-state index is 0.0968. The highest BCUT2D eigenvalue weighted by atomic mass is 16.2. The molecular weight excluding hydrogens is 236 g/mol. The molecule has 0 spiro atoms. The van der Waals surface area contributed by atoms with Gasteiger partial charge in [0.05, 0.1) is 0 Å². The van der Waals surface area contributed by atoms with Crippen LogP contribution in [-0.4, -0.2) is 29.4 Å². The molecule has 0 radical (unpaired) electrons. The van der Waals surface area contributed by atoms with E-state index in [1.165, 1.54) is 38.5 Å². The summed E-state index contributed by atoms with van der Waals surface area (Å²) in [6, 6.07) is 0. The Hall–Kier alpha value is -0.570. The predicted octanol–water partition coefficient (Wildman–Crippen LogP) is 2.40. The Labute approximate surface area is 116 Å². The van der Waals surface area contributed by atoms with E-state index in [0.29, 0.717) is 12.5 Å². The third-order valence-electron chi connectivity index (χ3n) is 5.69. The summed E-state index contributed by atoms with van der Waals surface area (Å²) in [6.07, 6.45) is 8.01. The van der Waals surface area contributed by atoms with Crippen LogP contribution >= 0.6 is 0 Å². The van der Waals surface area contributed by atoms with Gasteiger partial charge in [-0.2, -0.15) is 0 Å². The molecule has 0 atom stereocenters. The van der Waals surface area contributed by atoms with Gasteiger partial charge in [-0.1, -0.05) is 13.8 Å². The zero-order valence-electron chi connectivity index (χ0n) is 12.4. The van der Waals surface area contributed by atoms with Crippen LogP contribution in [0.3, 0.4) is 0 Å². The quantitative estimate of drug-likeness (QED) is 0.847. The normalized spacial score (nSPS) is 39.9.